The first kappa shape index (κ1) is 12.4. The molecule has 0 atom stereocenters. The molecule has 2 aromatic rings. The normalized spacial score (nSPS) is 10.1. The topological polar surface area (TPSA) is 74.5 Å². The zero-order valence-corrected chi connectivity index (χ0v) is 10.2. The van der Waals surface area contributed by atoms with E-state index >= 15 is 0 Å². The first-order chi connectivity index (χ1) is 8.74. The molecule has 0 aliphatic carbocycles. The summed E-state index contributed by atoms with van der Waals surface area (Å²) in [7, 11) is 1.46. The number of methoxy groups -OCH3 is 1. The second kappa shape index (κ2) is 5.50. The molecule has 18 heavy (non-hydrogen) atoms. The standard InChI is InChI=1S/C11H9ClN2O4/c1-16-9-3-8(12)2-7(4-15)11(9)17-5-10-13-6-18-14-10/h2-4,6H,5H2,1H3. The van der Waals surface area contributed by atoms with Crippen LogP contribution in [0.5, 0.6) is 11.5 Å². The Balaban J connectivity index is 2.27. The molecule has 0 saturated carbocycles. The van der Waals surface area contributed by atoms with Crippen LogP contribution in [0.2, 0.25) is 5.02 Å². The summed E-state index contributed by atoms with van der Waals surface area (Å²) in [6.07, 6.45) is 1.83. The quantitative estimate of drug-likeness (QED) is 0.773. The van der Waals surface area contributed by atoms with E-state index in [-0.39, 0.29) is 6.61 Å². The Morgan fingerprint density at radius 2 is 2.33 bits per heavy atom. The highest BCUT2D eigenvalue weighted by atomic mass is 35.5. The van der Waals surface area contributed by atoms with Gasteiger partial charge < -0.3 is 14.0 Å². The number of carbonyl (C=O) groups excluding carboxylic acids is 1. The van der Waals surface area contributed by atoms with Crippen LogP contribution in [-0.4, -0.2) is 23.5 Å². The average molecular weight is 269 g/mol. The van der Waals surface area contributed by atoms with E-state index in [1.807, 2.05) is 0 Å². The largest absolute Gasteiger partial charge is 0.493 e. The molecule has 1 heterocycles. The van der Waals surface area contributed by atoms with E-state index in [9.17, 15) is 4.79 Å². The first-order valence-corrected chi connectivity index (χ1v) is 5.33. The number of benzene rings is 1. The van der Waals surface area contributed by atoms with Crippen molar-refractivity contribution in [2.45, 2.75) is 6.61 Å². The minimum absolute atomic E-state index is 0.0648. The summed E-state index contributed by atoms with van der Waals surface area (Å²) in [5.74, 6) is 1.03. The predicted molar refractivity (Wildman–Crippen MR) is 62.0 cm³/mol. The highest BCUT2D eigenvalue weighted by Gasteiger charge is 2.13. The van der Waals surface area contributed by atoms with Crippen molar-refractivity contribution in [2.75, 3.05) is 7.11 Å². The summed E-state index contributed by atoms with van der Waals surface area (Å²) in [6.45, 7) is 0.0648. The van der Waals surface area contributed by atoms with Crippen molar-refractivity contribution in [3.05, 3.63) is 34.9 Å². The minimum atomic E-state index is 0.0648. The number of aldehydes is 1. The fraction of sp³-hybridized carbons (Fsp3) is 0.182. The Bertz CT molecular complexity index is 542. The van der Waals surface area contributed by atoms with Gasteiger partial charge in [-0.05, 0) is 6.07 Å². The maximum absolute atomic E-state index is 11.0. The highest BCUT2D eigenvalue weighted by molar-refractivity contribution is 6.31. The molecule has 1 aromatic heterocycles. The Hall–Kier alpha value is -2.08. The number of carbonyl (C=O) groups is 1. The molecule has 94 valence electrons. The van der Waals surface area contributed by atoms with Gasteiger partial charge >= 0.3 is 0 Å². The minimum Gasteiger partial charge on any atom is -0.493 e. The molecule has 7 heteroatoms. The number of rotatable bonds is 5. The van der Waals surface area contributed by atoms with Crippen molar-refractivity contribution in [2.24, 2.45) is 0 Å². The Morgan fingerprint density at radius 3 is 2.94 bits per heavy atom. The summed E-state index contributed by atoms with van der Waals surface area (Å²) in [4.78, 5) is 14.8. The molecule has 0 saturated heterocycles. The van der Waals surface area contributed by atoms with Gasteiger partial charge in [-0.25, -0.2) is 0 Å². The van der Waals surface area contributed by atoms with E-state index in [4.69, 9.17) is 21.1 Å². The lowest BCUT2D eigenvalue weighted by Gasteiger charge is -2.11. The van der Waals surface area contributed by atoms with E-state index in [2.05, 4.69) is 14.7 Å². The predicted octanol–water partition coefficient (Wildman–Crippen LogP) is 2.12. The first-order valence-electron chi connectivity index (χ1n) is 4.95. The van der Waals surface area contributed by atoms with Gasteiger partial charge in [0, 0.05) is 11.1 Å². The van der Waals surface area contributed by atoms with Crippen molar-refractivity contribution in [1.82, 2.24) is 10.1 Å². The number of hydrogen-bond donors (Lipinski definition) is 0. The zero-order valence-electron chi connectivity index (χ0n) is 9.42. The third-order valence-corrected chi connectivity index (χ3v) is 2.37. The summed E-state index contributed by atoms with van der Waals surface area (Å²) in [5, 5.41) is 3.98. The van der Waals surface area contributed by atoms with E-state index < -0.39 is 0 Å². The van der Waals surface area contributed by atoms with Gasteiger partial charge in [0.25, 0.3) is 0 Å². The van der Waals surface area contributed by atoms with Crippen LogP contribution >= 0.6 is 11.6 Å². The van der Waals surface area contributed by atoms with Crippen LogP contribution in [0.25, 0.3) is 0 Å². The number of nitrogens with zero attached hydrogens (tertiary/aromatic N) is 2. The summed E-state index contributed by atoms with van der Waals surface area (Å²) < 4.78 is 15.1. The molecule has 2 rings (SSSR count). The van der Waals surface area contributed by atoms with Gasteiger partial charge in [-0.1, -0.05) is 16.8 Å². The van der Waals surface area contributed by atoms with E-state index in [0.717, 1.165) is 0 Å². The lowest BCUT2D eigenvalue weighted by atomic mass is 10.2. The lowest BCUT2D eigenvalue weighted by Crippen LogP contribution is -2.02. The van der Waals surface area contributed by atoms with Crippen LogP contribution in [0.15, 0.2) is 23.0 Å². The van der Waals surface area contributed by atoms with Crippen molar-refractivity contribution in [3.63, 3.8) is 0 Å². The van der Waals surface area contributed by atoms with Crippen LogP contribution in [0.4, 0.5) is 0 Å². The van der Waals surface area contributed by atoms with E-state index in [0.29, 0.717) is 34.2 Å². The molecule has 0 unspecified atom stereocenters. The van der Waals surface area contributed by atoms with Crippen LogP contribution in [0.3, 0.4) is 0 Å². The van der Waals surface area contributed by atoms with Gasteiger partial charge in [0.1, 0.15) is 0 Å². The third-order valence-electron chi connectivity index (χ3n) is 2.15. The number of ether oxygens (including phenoxy) is 2. The van der Waals surface area contributed by atoms with Gasteiger partial charge in [-0.15, -0.1) is 0 Å². The summed E-state index contributed by atoms with van der Waals surface area (Å²) in [5.41, 5.74) is 0.294. The summed E-state index contributed by atoms with van der Waals surface area (Å²) in [6, 6.07) is 3.04. The molecule has 1 aromatic carbocycles. The monoisotopic (exact) mass is 268 g/mol. The fourth-order valence-corrected chi connectivity index (χ4v) is 1.59. The van der Waals surface area contributed by atoms with E-state index in [1.165, 1.54) is 19.6 Å². The van der Waals surface area contributed by atoms with Crippen LogP contribution < -0.4 is 9.47 Å². The van der Waals surface area contributed by atoms with Gasteiger partial charge in [-0.2, -0.15) is 4.98 Å². The molecule has 0 spiro atoms. The third kappa shape index (κ3) is 2.60. The lowest BCUT2D eigenvalue weighted by molar-refractivity contribution is 0.111. The van der Waals surface area contributed by atoms with Gasteiger partial charge in [0.2, 0.25) is 12.2 Å². The highest BCUT2D eigenvalue weighted by Crippen LogP contribution is 2.34. The maximum Gasteiger partial charge on any atom is 0.213 e. The van der Waals surface area contributed by atoms with Gasteiger partial charge in [0.05, 0.1) is 12.7 Å². The number of aromatic nitrogens is 2. The zero-order chi connectivity index (χ0) is 13.0. The molecule has 0 fully saturated rings. The van der Waals surface area contributed by atoms with E-state index in [1.54, 1.807) is 6.07 Å². The van der Waals surface area contributed by atoms with Crippen molar-refractivity contribution < 1.29 is 18.8 Å². The van der Waals surface area contributed by atoms with Crippen molar-refractivity contribution in [1.29, 1.82) is 0 Å². The SMILES string of the molecule is COc1cc(Cl)cc(C=O)c1OCc1ncon1. The Kier molecular flexibility index (Phi) is 3.78. The molecule has 0 radical (unpaired) electrons. The van der Waals surface area contributed by atoms with Crippen molar-refractivity contribution >= 4 is 17.9 Å². The van der Waals surface area contributed by atoms with Gasteiger partial charge in [0.15, 0.2) is 24.4 Å². The maximum atomic E-state index is 11.0. The molecule has 0 aliphatic heterocycles. The van der Waals surface area contributed by atoms with Crippen LogP contribution in [0, 0.1) is 0 Å². The number of halogens is 1. The molecule has 0 N–H and O–H groups in total. The molecular formula is C11H9ClN2O4. The molecule has 0 amide bonds. The summed E-state index contributed by atoms with van der Waals surface area (Å²) >= 11 is 5.85. The average Bonchev–Trinajstić information content (AvgIpc) is 2.89. The second-order valence-corrected chi connectivity index (χ2v) is 3.72. The molecule has 0 bridgehead atoms. The van der Waals surface area contributed by atoms with Crippen LogP contribution in [-0.2, 0) is 6.61 Å². The molecule has 6 nitrogen and oxygen atoms in total. The molecular weight excluding hydrogens is 260 g/mol. The Labute approximate surface area is 107 Å². The van der Waals surface area contributed by atoms with Gasteiger partial charge in [-0.3, -0.25) is 4.79 Å². The van der Waals surface area contributed by atoms with Crippen LogP contribution in [0.1, 0.15) is 16.2 Å². The smallest absolute Gasteiger partial charge is 0.213 e. The van der Waals surface area contributed by atoms with Crippen molar-refractivity contribution in [3.8, 4) is 11.5 Å². The fourth-order valence-electron chi connectivity index (χ4n) is 1.38. The Morgan fingerprint density at radius 1 is 1.50 bits per heavy atom. The molecule has 0 aliphatic rings. The number of hydrogen-bond acceptors (Lipinski definition) is 6. The second-order valence-electron chi connectivity index (χ2n) is 3.28.